The Morgan fingerprint density at radius 1 is 1.30 bits per heavy atom. The Morgan fingerprint density at radius 3 is 3.04 bits per heavy atom. The molecule has 1 aliphatic rings. The maximum absolute atomic E-state index is 13.5. The predicted octanol–water partition coefficient (Wildman–Crippen LogP) is 5.01. The molecule has 1 aliphatic carbocycles. The van der Waals surface area contributed by atoms with Gasteiger partial charge < -0.3 is 5.32 Å². The monoisotopic (exact) mass is 327 g/mol. The third-order valence-corrected chi connectivity index (χ3v) is 5.71. The van der Waals surface area contributed by atoms with Gasteiger partial charge in [0.05, 0.1) is 5.39 Å². The lowest BCUT2D eigenvalue weighted by molar-refractivity contribution is 0.509. The van der Waals surface area contributed by atoms with Crippen molar-refractivity contribution in [1.82, 2.24) is 9.97 Å². The van der Waals surface area contributed by atoms with Gasteiger partial charge in [0.1, 0.15) is 22.8 Å². The SMILES string of the molecule is Cc1ccc(F)cc1Nc1ncnc2sc3c(c12)CCC(C)C3. The van der Waals surface area contributed by atoms with Crippen LogP contribution in [0.5, 0.6) is 0 Å². The summed E-state index contributed by atoms with van der Waals surface area (Å²) in [6.07, 6.45) is 4.98. The third-order valence-electron chi connectivity index (χ3n) is 4.54. The number of benzene rings is 1. The highest BCUT2D eigenvalue weighted by atomic mass is 32.1. The first-order valence-corrected chi connectivity index (χ1v) is 8.72. The highest BCUT2D eigenvalue weighted by molar-refractivity contribution is 7.19. The van der Waals surface area contributed by atoms with Gasteiger partial charge in [0.25, 0.3) is 0 Å². The van der Waals surface area contributed by atoms with Crippen LogP contribution in [0, 0.1) is 18.7 Å². The summed E-state index contributed by atoms with van der Waals surface area (Å²) < 4.78 is 13.5. The first-order chi connectivity index (χ1) is 11.1. The lowest BCUT2D eigenvalue weighted by Crippen LogP contribution is -2.09. The number of hydrogen-bond acceptors (Lipinski definition) is 4. The Kier molecular flexibility index (Phi) is 3.53. The number of aryl methyl sites for hydroxylation is 2. The molecule has 0 fully saturated rings. The van der Waals surface area contributed by atoms with Crippen LogP contribution >= 0.6 is 11.3 Å². The second-order valence-corrected chi connectivity index (χ2v) is 7.42. The fourth-order valence-corrected chi connectivity index (χ4v) is 4.58. The minimum absolute atomic E-state index is 0.246. The van der Waals surface area contributed by atoms with Gasteiger partial charge in [-0.3, -0.25) is 0 Å². The Labute approximate surface area is 138 Å². The van der Waals surface area contributed by atoms with E-state index >= 15 is 0 Å². The molecule has 1 N–H and O–H groups in total. The van der Waals surface area contributed by atoms with E-state index in [1.807, 2.05) is 6.92 Å². The zero-order chi connectivity index (χ0) is 16.0. The van der Waals surface area contributed by atoms with E-state index in [-0.39, 0.29) is 5.82 Å². The van der Waals surface area contributed by atoms with Crippen LogP contribution in [0.25, 0.3) is 10.2 Å². The van der Waals surface area contributed by atoms with Gasteiger partial charge in [-0.25, -0.2) is 14.4 Å². The summed E-state index contributed by atoms with van der Waals surface area (Å²) in [6.45, 7) is 4.26. The molecule has 2 aromatic heterocycles. The fraction of sp³-hybridized carbons (Fsp3) is 0.333. The largest absolute Gasteiger partial charge is 0.339 e. The van der Waals surface area contributed by atoms with Crippen molar-refractivity contribution in [2.24, 2.45) is 5.92 Å². The molecule has 118 valence electrons. The molecule has 5 heteroatoms. The lowest BCUT2D eigenvalue weighted by Gasteiger charge is -2.18. The number of anilines is 2. The van der Waals surface area contributed by atoms with Crippen molar-refractivity contribution < 1.29 is 4.39 Å². The van der Waals surface area contributed by atoms with E-state index in [1.54, 1.807) is 23.7 Å². The van der Waals surface area contributed by atoms with Gasteiger partial charge in [0.15, 0.2) is 0 Å². The zero-order valence-corrected chi connectivity index (χ0v) is 14.0. The van der Waals surface area contributed by atoms with Crippen LogP contribution < -0.4 is 5.32 Å². The molecular weight excluding hydrogens is 309 g/mol. The number of aromatic nitrogens is 2. The van der Waals surface area contributed by atoms with Crippen molar-refractivity contribution >= 4 is 33.1 Å². The van der Waals surface area contributed by atoms with Crippen molar-refractivity contribution in [3.63, 3.8) is 0 Å². The van der Waals surface area contributed by atoms with Crippen molar-refractivity contribution in [2.45, 2.75) is 33.1 Å². The standard InChI is InChI=1S/C18H18FN3S/c1-10-3-6-13-15(7-10)23-18-16(13)17(20-9-21-18)22-14-8-12(19)5-4-11(14)2/h4-5,8-10H,3,6-7H2,1-2H3,(H,20,21,22). The molecule has 23 heavy (non-hydrogen) atoms. The van der Waals surface area contributed by atoms with Gasteiger partial charge in [0, 0.05) is 10.6 Å². The van der Waals surface area contributed by atoms with Gasteiger partial charge in [-0.2, -0.15) is 0 Å². The summed E-state index contributed by atoms with van der Waals surface area (Å²) in [7, 11) is 0. The summed E-state index contributed by atoms with van der Waals surface area (Å²) in [5, 5.41) is 4.43. The van der Waals surface area contributed by atoms with Gasteiger partial charge in [-0.15, -0.1) is 11.3 Å². The van der Waals surface area contributed by atoms with E-state index in [0.29, 0.717) is 0 Å². The molecule has 0 spiro atoms. The molecule has 0 amide bonds. The van der Waals surface area contributed by atoms with Gasteiger partial charge in [-0.1, -0.05) is 13.0 Å². The summed E-state index contributed by atoms with van der Waals surface area (Å²) >= 11 is 1.77. The Hall–Kier alpha value is -2.01. The Morgan fingerprint density at radius 2 is 2.17 bits per heavy atom. The summed E-state index contributed by atoms with van der Waals surface area (Å²) in [5.41, 5.74) is 3.13. The zero-order valence-electron chi connectivity index (χ0n) is 13.2. The van der Waals surface area contributed by atoms with Gasteiger partial charge >= 0.3 is 0 Å². The van der Waals surface area contributed by atoms with Crippen molar-refractivity contribution in [1.29, 1.82) is 0 Å². The summed E-state index contributed by atoms with van der Waals surface area (Å²) in [4.78, 5) is 11.3. The molecule has 3 aromatic rings. The van der Waals surface area contributed by atoms with E-state index < -0.39 is 0 Å². The molecule has 0 aliphatic heterocycles. The molecule has 1 aromatic carbocycles. The number of hydrogen-bond donors (Lipinski definition) is 1. The minimum atomic E-state index is -0.246. The van der Waals surface area contributed by atoms with E-state index in [4.69, 9.17) is 0 Å². The first kappa shape index (κ1) is 14.6. The molecule has 4 rings (SSSR count). The van der Waals surface area contributed by atoms with Crippen LogP contribution in [0.2, 0.25) is 0 Å². The van der Waals surface area contributed by atoms with Gasteiger partial charge in [-0.05, 0) is 55.4 Å². The van der Waals surface area contributed by atoms with Crippen LogP contribution in [0.3, 0.4) is 0 Å². The maximum atomic E-state index is 13.5. The molecule has 0 bridgehead atoms. The lowest BCUT2D eigenvalue weighted by atomic mass is 9.89. The minimum Gasteiger partial charge on any atom is -0.339 e. The first-order valence-electron chi connectivity index (χ1n) is 7.90. The molecule has 3 nitrogen and oxygen atoms in total. The second kappa shape index (κ2) is 5.57. The number of halogens is 1. The quantitative estimate of drug-likeness (QED) is 0.719. The smallest absolute Gasteiger partial charge is 0.142 e. The molecule has 1 atom stereocenters. The van der Waals surface area contributed by atoms with E-state index in [9.17, 15) is 4.39 Å². The maximum Gasteiger partial charge on any atom is 0.142 e. The van der Waals surface area contributed by atoms with E-state index in [1.165, 1.54) is 29.0 Å². The molecule has 1 unspecified atom stereocenters. The number of rotatable bonds is 2. The normalized spacial score (nSPS) is 17.3. The van der Waals surface area contributed by atoms with Crippen LogP contribution in [-0.2, 0) is 12.8 Å². The van der Waals surface area contributed by atoms with Crippen molar-refractivity contribution in [2.75, 3.05) is 5.32 Å². The Bertz CT molecular complexity index is 887. The third kappa shape index (κ3) is 2.59. The number of nitrogens with one attached hydrogen (secondary N) is 1. The van der Waals surface area contributed by atoms with Crippen LogP contribution in [-0.4, -0.2) is 9.97 Å². The average Bonchev–Trinajstić information content (AvgIpc) is 2.89. The number of nitrogens with zero attached hydrogens (tertiary/aromatic N) is 2. The van der Waals surface area contributed by atoms with Crippen LogP contribution in [0.4, 0.5) is 15.9 Å². The number of thiophene rings is 1. The van der Waals surface area contributed by atoms with Crippen LogP contribution in [0.15, 0.2) is 24.5 Å². The summed E-state index contributed by atoms with van der Waals surface area (Å²) in [6, 6.07) is 4.77. The van der Waals surface area contributed by atoms with Gasteiger partial charge in [0.2, 0.25) is 0 Å². The summed E-state index contributed by atoms with van der Waals surface area (Å²) in [5.74, 6) is 1.27. The van der Waals surface area contributed by atoms with E-state index in [0.717, 1.165) is 46.0 Å². The topological polar surface area (TPSA) is 37.8 Å². The molecular formula is C18H18FN3S. The molecule has 0 radical (unpaired) electrons. The fourth-order valence-electron chi connectivity index (χ4n) is 3.23. The molecule has 2 heterocycles. The second-order valence-electron chi connectivity index (χ2n) is 6.34. The average molecular weight is 327 g/mol. The highest BCUT2D eigenvalue weighted by Crippen LogP contribution is 2.40. The number of fused-ring (bicyclic) bond motifs is 3. The van der Waals surface area contributed by atoms with Crippen LogP contribution in [0.1, 0.15) is 29.3 Å². The highest BCUT2D eigenvalue weighted by Gasteiger charge is 2.23. The Balaban J connectivity index is 1.83. The van der Waals surface area contributed by atoms with E-state index in [2.05, 4.69) is 22.2 Å². The molecule has 0 saturated heterocycles. The van der Waals surface area contributed by atoms with Crippen molar-refractivity contribution in [3.8, 4) is 0 Å². The predicted molar refractivity (Wildman–Crippen MR) is 93.0 cm³/mol. The molecule has 0 saturated carbocycles. The van der Waals surface area contributed by atoms with Crippen molar-refractivity contribution in [3.05, 3.63) is 46.3 Å².